The number of amides is 2. The molecular formula is C24H18F3N7O4S. The quantitative estimate of drug-likeness (QED) is 0.322. The topological polar surface area (TPSA) is 201 Å². The van der Waals surface area contributed by atoms with E-state index < -0.39 is 61.0 Å². The molecule has 2 aromatic carbocycles. The van der Waals surface area contributed by atoms with E-state index in [1.54, 1.807) is 0 Å². The molecule has 2 heterocycles. The molecule has 11 nitrogen and oxygen atoms in total. The average Bonchev–Trinajstić information content (AvgIpc) is 3.18. The maximum absolute atomic E-state index is 14.3. The van der Waals surface area contributed by atoms with E-state index in [4.69, 9.17) is 21.9 Å². The number of hydrogen-bond donors (Lipinski definition) is 3. The minimum atomic E-state index is -5.07. The molecule has 0 bridgehead atoms. The minimum Gasteiger partial charge on any atom is -0.366 e. The lowest BCUT2D eigenvalue weighted by Crippen LogP contribution is -2.22. The van der Waals surface area contributed by atoms with Crippen molar-refractivity contribution < 1.29 is 31.2 Å². The second kappa shape index (κ2) is 9.49. The number of carbonyl (C=O) groups is 2. The molecule has 0 unspecified atom stereocenters. The number of alkyl halides is 3. The predicted octanol–water partition coefficient (Wildman–Crippen LogP) is 2.19. The largest absolute Gasteiger partial charge is 0.435 e. The second-order valence-electron chi connectivity index (χ2n) is 8.44. The fourth-order valence-electron chi connectivity index (χ4n) is 4.15. The third-order valence-corrected chi connectivity index (χ3v) is 6.82. The summed E-state index contributed by atoms with van der Waals surface area (Å²) in [7, 11) is -4.30. The van der Waals surface area contributed by atoms with Crippen LogP contribution in [-0.4, -0.2) is 35.0 Å². The van der Waals surface area contributed by atoms with Gasteiger partial charge in [0.05, 0.1) is 34.2 Å². The summed E-state index contributed by atoms with van der Waals surface area (Å²) >= 11 is 0. The van der Waals surface area contributed by atoms with Gasteiger partial charge in [-0.05, 0) is 42.8 Å². The van der Waals surface area contributed by atoms with Gasteiger partial charge in [0, 0.05) is 22.2 Å². The SMILES string of the molecule is Cc1c(-c2c(C(N)=O)nc3ccc(S(N)(=O)=O)cc3c2C(N)=O)c(C(F)(F)F)nn1Cc1ccc(C#N)cc1. The van der Waals surface area contributed by atoms with Crippen LogP contribution in [0, 0.1) is 18.3 Å². The molecule has 0 aliphatic heterocycles. The molecule has 0 radical (unpaired) electrons. The van der Waals surface area contributed by atoms with Gasteiger partial charge >= 0.3 is 6.18 Å². The Morgan fingerprint density at radius 2 is 1.69 bits per heavy atom. The van der Waals surface area contributed by atoms with Crippen molar-refractivity contribution in [3.05, 3.63) is 76.2 Å². The summed E-state index contributed by atoms with van der Waals surface area (Å²) in [5, 5.41) is 17.6. The number of primary amides is 2. The first-order chi connectivity index (χ1) is 18.1. The monoisotopic (exact) mass is 557 g/mol. The third kappa shape index (κ3) is 5.02. The Morgan fingerprint density at radius 3 is 2.21 bits per heavy atom. The number of nitriles is 1. The van der Waals surface area contributed by atoms with Crippen LogP contribution in [0.1, 0.15) is 43.4 Å². The van der Waals surface area contributed by atoms with E-state index in [1.165, 1.54) is 31.2 Å². The first kappa shape index (κ1) is 27.2. The first-order valence-corrected chi connectivity index (χ1v) is 12.4. The van der Waals surface area contributed by atoms with E-state index in [0.29, 0.717) is 11.1 Å². The molecule has 2 amide bonds. The highest BCUT2D eigenvalue weighted by molar-refractivity contribution is 7.89. The Kier molecular flexibility index (Phi) is 6.63. The Bertz CT molecular complexity index is 1820. The third-order valence-electron chi connectivity index (χ3n) is 5.91. The van der Waals surface area contributed by atoms with Gasteiger partial charge in [0.15, 0.2) is 5.69 Å². The zero-order valence-electron chi connectivity index (χ0n) is 19.9. The van der Waals surface area contributed by atoms with Gasteiger partial charge in [0.25, 0.3) is 5.91 Å². The Morgan fingerprint density at radius 1 is 1.05 bits per heavy atom. The average molecular weight is 558 g/mol. The predicted molar refractivity (Wildman–Crippen MR) is 131 cm³/mol. The number of rotatable bonds is 6. The molecule has 0 saturated carbocycles. The van der Waals surface area contributed by atoms with Crippen molar-refractivity contribution in [1.82, 2.24) is 14.8 Å². The van der Waals surface area contributed by atoms with Crippen LogP contribution < -0.4 is 16.6 Å². The van der Waals surface area contributed by atoms with Crippen molar-refractivity contribution in [1.29, 1.82) is 5.26 Å². The fourth-order valence-corrected chi connectivity index (χ4v) is 4.69. The number of halogens is 3. The zero-order valence-corrected chi connectivity index (χ0v) is 20.8. The summed E-state index contributed by atoms with van der Waals surface area (Å²) in [4.78, 5) is 28.7. The highest BCUT2D eigenvalue weighted by Gasteiger charge is 2.41. The summed E-state index contributed by atoms with van der Waals surface area (Å²) in [6, 6.07) is 11.0. The molecule has 39 heavy (non-hydrogen) atoms. The van der Waals surface area contributed by atoms with Crippen molar-refractivity contribution in [2.45, 2.75) is 24.5 Å². The number of fused-ring (bicyclic) bond motifs is 1. The number of hydrogen-bond acceptors (Lipinski definition) is 7. The molecule has 4 rings (SSSR count). The number of benzene rings is 2. The minimum absolute atomic E-state index is 0.125. The number of aromatic nitrogens is 3. The lowest BCUT2D eigenvalue weighted by Gasteiger charge is -2.16. The van der Waals surface area contributed by atoms with Gasteiger partial charge in [-0.15, -0.1) is 0 Å². The number of sulfonamides is 1. The van der Waals surface area contributed by atoms with Crippen LogP contribution in [0.15, 0.2) is 47.4 Å². The van der Waals surface area contributed by atoms with Gasteiger partial charge in [-0.3, -0.25) is 14.3 Å². The van der Waals surface area contributed by atoms with Crippen LogP contribution in [0.3, 0.4) is 0 Å². The Labute approximate surface area is 218 Å². The Hall–Kier alpha value is -4.81. The summed E-state index contributed by atoms with van der Waals surface area (Å²) in [5.41, 5.74) is 7.52. The molecule has 0 aliphatic carbocycles. The van der Waals surface area contributed by atoms with Gasteiger partial charge < -0.3 is 11.5 Å². The van der Waals surface area contributed by atoms with Crippen molar-refractivity contribution in [2.24, 2.45) is 16.6 Å². The van der Waals surface area contributed by atoms with E-state index in [1.807, 2.05) is 6.07 Å². The molecule has 4 aromatic rings. The standard InChI is InChI=1S/C24H18F3N7O4S/c1-11-17(21(24(25,26)27)33-34(11)10-13-4-2-12(9-28)3-5-13)19-18(22(29)35)15-8-14(39(31,37)38)6-7-16(15)32-20(19)23(30)36/h2-8H,10H2,1H3,(H2,29,35)(H2,30,36)(H2,31,37,38). The highest BCUT2D eigenvalue weighted by atomic mass is 32.2. The molecule has 2 aromatic heterocycles. The summed E-state index contributed by atoms with van der Waals surface area (Å²) in [6.45, 7) is 1.11. The number of pyridine rings is 1. The molecule has 0 atom stereocenters. The number of nitrogens with zero attached hydrogens (tertiary/aromatic N) is 4. The van der Waals surface area contributed by atoms with Gasteiger partial charge in [0.2, 0.25) is 15.9 Å². The van der Waals surface area contributed by atoms with Gasteiger partial charge in [-0.1, -0.05) is 12.1 Å². The second-order valence-corrected chi connectivity index (χ2v) is 10.00. The zero-order chi connectivity index (χ0) is 28.9. The number of nitrogens with two attached hydrogens (primary N) is 3. The van der Waals surface area contributed by atoms with E-state index in [9.17, 15) is 31.2 Å². The summed E-state index contributed by atoms with van der Waals surface area (Å²) in [6.07, 6.45) is -5.07. The molecular weight excluding hydrogens is 539 g/mol. The molecule has 200 valence electrons. The van der Waals surface area contributed by atoms with Gasteiger partial charge in [0.1, 0.15) is 5.69 Å². The van der Waals surface area contributed by atoms with Crippen molar-refractivity contribution in [3.63, 3.8) is 0 Å². The smallest absolute Gasteiger partial charge is 0.366 e. The van der Waals surface area contributed by atoms with Crippen LogP contribution in [0.25, 0.3) is 22.0 Å². The van der Waals surface area contributed by atoms with Crippen molar-refractivity contribution in [3.8, 4) is 17.2 Å². The van der Waals surface area contributed by atoms with Gasteiger partial charge in [-0.25, -0.2) is 18.5 Å². The molecule has 6 N–H and O–H groups in total. The van der Waals surface area contributed by atoms with Crippen molar-refractivity contribution in [2.75, 3.05) is 0 Å². The lowest BCUT2D eigenvalue weighted by molar-refractivity contribution is -0.141. The van der Waals surface area contributed by atoms with Crippen LogP contribution in [0.2, 0.25) is 0 Å². The summed E-state index contributed by atoms with van der Waals surface area (Å²) in [5.74, 6) is -2.55. The highest BCUT2D eigenvalue weighted by Crippen LogP contribution is 2.42. The molecule has 0 spiro atoms. The van der Waals surface area contributed by atoms with Crippen molar-refractivity contribution >= 4 is 32.7 Å². The van der Waals surface area contributed by atoms with Crippen LogP contribution in [-0.2, 0) is 22.7 Å². The fraction of sp³-hybridized carbons (Fsp3) is 0.125. The molecule has 0 fully saturated rings. The number of primary sulfonamides is 1. The van der Waals surface area contributed by atoms with Crippen LogP contribution in [0.5, 0.6) is 0 Å². The van der Waals surface area contributed by atoms with E-state index in [2.05, 4.69) is 10.1 Å². The molecule has 15 heteroatoms. The molecule has 0 saturated heterocycles. The normalized spacial score (nSPS) is 11.9. The van der Waals surface area contributed by atoms with Crippen LogP contribution in [0.4, 0.5) is 13.2 Å². The number of carbonyl (C=O) groups excluding carboxylic acids is 2. The van der Waals surface area contributed by atoms with E-state index in [0.717, 1.165) is 22.9 Å². The maximum Gasteiger partial charge on any atom is 0.435 e. The first-order valence-electron chi connectivity index (χ1n) is 10.9. The maximum atomic E-state index is 14.3. The van der Waals surface area contributed by atoms with E-state index in [-0.39, 0.29) is 23.1 Å². The summed E-state index contributed by atoms with van der Waals surface area (Å²) < 4.78 is 67.8. The van der Waals surface area contributed by atoms with Gasteiger partial charge in [-0.2, -0.15) is 23.5 Å². The lowest BCUT2D eigenvalue weighted by atomic mass is 9.92. The Balaban J connectivity index is 2.11. The molecule has 0 aliphatic rings. The van der Waals surface area contributed by atoms with E-state index >= 15 is 0 Å². The van der Waals surface area contributed by atoms with Crippen LogP contribution >= 0.6 is 0 Å².